The van der Waals surface area contributed by atoms with Crippen molar-refractivity contribution >= 4 is 6.09 Å². The molecule has 1 aliphatic rings. The van der Waals surface area contributed by atoms with Crippen LogP contribution in [0.5, 0.6) is 0 Å². The fourth-order valence-electron chi connectivity index (χ4n) is 4.04. The number of carbonyl (C=O) groups excluding carboxylic acids is 1. The third-order valence-electron chi connectivity index (χ3n) is 5.55. The van der Waals surface area contributed by atoms with Crippen molar-refractivity contribution in [2.75, 3.05) is 13.1 Å². The molecular weight excluding hydrogens is 404 g/mol. The van der Waals surface area contributed by atoms with Gasteiger partial charge in [-0.3, -0.25) is 9.36 Å². The molecule has 2 heterocycles. The lowest BCUT2D eigenvalue weighted by Crippen LogP contribution is -2.39. The zero-order valence-corrected chi connectivity index (χ0v) is 19.7. The van der Waals surface area contributed by atoms with E-state index in [1.165, 1.54) is 0 Å². The smallest absolute Gasteiger partial charge is 0.407 e. The molecule has 3 rings (SSSR count). The van der Waals surface area contributed by atoms with Gasteiger partial charge in [-0.05, 0) is 45.6 Å². The molecule has 1 unspecified atom stereocenters. The molecule has 1 atom stereocenters. The Balaban J connectivity index is 1.78. The Morgan fingerprint density at radius 2 is 1.94 bits per heavy atom. The van der Waals surface area contributed by atoms with Gasteiger partial charge in [0, 0.05) is 44.1 Å². The molecule has 174 valence electrons. The highest BCUT2D eigenvalue weighted by molar-refractivity contribution is 5.67. The van der Waals surface area contributed by atoms with E-state index in [0.717, 1.165) is 54.9 Å². The van der Waals surface area contributed by atoms with E-state index in [0.29, 0.717) is 19.5 Å². The van der Waals surface area contributed by atoms with Gasteiger partial charge in [0.2, 0.25) is 0 Å². The Bertz CT molecular complexity index is 964. The van der Waals surface area contributed by atoms with Crippen molar-refractivity contribution in [1.82, 2.24) is 20.2 Å². The highest BCUT2D eigenvalue weighted by Crippen LogP contribution is 2.22. The highest BCUT2D eigenvalue weighted by Gasteiger charge is 2.23. The number of benzene rings is 1. The number of hydrogen-bond acceptors (Lipinski definition) is 5. The maximum atomic E-state index is 13.4. The molecule has 7 nitrogen and oxygen atoms in total. The normalized spacial score (nSPS) is 14.5. The summed E-state index contributed by atoms with van der Waals surface area (Å²) in [5, 5.41) is 6.26. The Hall–Kier alpha value is -2.67. The van der Waals surface area contributed by atoms with Crippen molar-refractivity contribution in [3.8, 4) is 0 Å². The number of nitrogens with one attached hydrogen (secondary N) is 2. The molecular formula is C25H36N4O3. The number of ether oxygens (including phenoxy) is 1. The number of aromatic nitrogens is 2. The predicted molar refractivity (Wildman–Crippen MR) is 126 cm³/mol. The Labute approximate surface area is 190 Å². The van der Waals surface area contributed by atoms with Crippen LogP contribution in [0.1, 0.15) is 75.6 Å². The molecule has 1 aromatic heterocycles. The largest absolute Gasteiger partial charge is 0.444 e. The van der Waals surface area contributed by atoms with E-state index >= 15 is 0 Å². The first-order valence-corrected chi connectivity index (χ1v) is 11.6. The summed E-state index contributed by atoms with van der Waals surface area (Å²) < 4.78 is 7.15. The molecule has 0 saturated heterocycles. The van der Waals surface area contributed by atoms with Gasteiger partial charge in [-0.1, -0.05) is 37.3 Å². The average Bonchev–Trinajstić information content (AvgIpc) is 2.75. The van der Waals surface area contributed by atoms with Crippen molar-refractivity contribution < 1.29 is 9.53 Å². The Morgan fingerprint density at radius 1 is 1.19 bits per heavy atom. The van der Waals surface area contributed by atoms with E-state index < -0.39 is 11.7 Å². The molecule has 0 radical (unpaired) electrons. The lowest BCUT2D eigenvalue weighted by atomic mass is 9.98. The van der Waals surface area contributed by atoms with Crippen molar-refractivity contribution in [3.05, 3.63) is 63.3 Å². The van der Waals surface area contributed by atoms with Crippen LogP contribution in [-0.2, 0) is 24.1 Å². The first kappa shape index (κ1) is 24.0. The van der Waals surface area contributed by atoms with Gasteiger partial charge in [-0.15, -0.1) is 0 Å². The van der Waals surface area contributed by atoms with Crippen molar-refractivity contribution in [1.29, 1.82) is 0 Å². The van der Waals surface area contributed by atoms with Gasteiger partial charge in [0.25, 0.3) is 5.56 Å². The standard InChI is InChI=1S/C25H36N4O3/c1-5-20(26-14-15-27-24(31)32-25(2,3)4)22-19(17-18-11-7-6-8-12-18)23(30)29-16-10-9-13-21(29)28-22/h6-8,11-12,20,26H,5,9-10,13-17H2,1-4H3,(H,27,31). The van der Waals surface area contributed by atoms with Crippen molar-refractivity contribution in [2.45, 2.75) is 78.0 Å². The van der Waals surface area contributed by atoms with Crippen LogP contribution in [0.15, 0.2) is 35.1 Å². The maximum absolute atomic E-state index is 13.4. The molecule has 7 heteroatoms. The fraction of sp³-hybridized carbons (Fsp3) is 0.560. The number of amides is 1. The van der Waals surface area contributed by atoms with Crippen LogP contribution < -0.4 is 16.2 Å². The van der Waals surface area contributed by atoms with Gasteiger partial charge in [0.1, 0.15) is 11.4 Å². The number of rotatable bonds is 8. The lowest BCUT2D eigenvalue weighted by Gasteiger charge is -2.25. The lowest BCUT2D eigenvalue weighted by molar-refractivity contribution is 0.0528. The van der Waals surface area contributed by atoms with E-state index in [9.17, 15) is 9.59 Å². The number of hydrogen-bond donors (Lipinski definition) is 2. The summed E-state index contributed by atoms with van der Waals surface area (Å²) in [5.74, 6) is 0.889. The molecule has 0 spiro atoms. The van der Waals surface area contributed by atoms with E-state index in [1.54, 1.807) is 0 Å². The minimum absolute atomic E-state index is 0.0605. The van der Waals surface area contributed by atoms with Crippen LogP contribution in [0.3, 0.4) is 0 Å². The average molecular weight is 441 g/mol. The van der Waals surface area contributed by atoms with Crippen molar-refractivity contribution in [3.63, 3.8) is 0 Å². The summed E-state index contributed by atoms with van der Waals surface area (Å²) in [6.45, 7) is 9.34. The van der Waals surface area contributed by atoms with Gasteiger partial charge in [0.05, 0.1) is 5.69 Å². The summed E-state index contributed by atoms with van der Waals surface area (Å²) in [6, 6.07) is 10.0. The fourth-order valence-corrected chi connectivity index (χ4v) is 4.04. The summed E-state index contributed by atoms with van der Waals surface area (Å²) >= 11 is 0. The summed E-state index contributed by atoms with van der Waals surface area (Å²) in [6.07, 6.45) is 3.85. The van der Waals surface area contributed by atoms with Crippen LogP contribution in [0.4, 0.5) is 4.79 Å². The van der Waals surface area contributed by atoms with Gasteiger partial charge >= 0.3 is 6.09 Å². The van der Waals surface area contributed by atoms with Gasteiger partial charge in [-0.2, -0.15) is 0 Å². The zero-order chi connectivity index (χ0) is 23.1. The van der Waals surface area contributed by atoms with E-state index in [2.05, 4.69) is 17.6 Å². The third kappa shape index (κ3) is 6.42. The maximum Gasteiger partial charge on any atom is 0.407 e. The van der Waals surface area contributed by atoms with Crippen LogP contribution in [-0.4, -0.2) is 34.3 Å². The molecule has 0 fully saturated rings. The number of nitrogens with zero attached hydrogens (tertiary/aromatic N) is 2. The number of carbonyl (C=O) groups is 1. The first-order chi connectivity index (χ1) is 15.3. The summed E-state index contributed by atoms with van der Waals surface area (Å²) in [5.41, 5.74) is 2.27. The Morgan fingerprint density at radius 3 is 2.62 bits per heavy atom. The second kappa shape index (κ2) is 10.8. The monoisotopic (exact) mass is 440 g/mol. The zero-order valence-electron chi connectivity index (χ0n) is 19.7. The summed E-state index contributed by atoms with van der Waals surface area (Å²) in [7, 11) is 0. The third-order valence-corrected chi connectivity index (χ3v) is 5.55. The molecule has 0 aliphatic carbocycles. The molecule has 2 aromatic rings. The molecule has 2 N–H and O–H groups in total. The van der Waals surface area contributed by atoms with Gasteiger partial charge in [0.15, 0.2) is 0 Å². The minimum atomic E-state index is -0.523. The SMILES string of the molecule is CCC(NCCNC(=O)OC(C)(C)C)c1nc2n(c(=O)c1Cc1ccccc1)CCCC2. The molecule has 1 amide bonds. The van der Waals surface area contributed by atoms with Crippen LogP contribution in [0.25, 0.3) is 0 Å². The topological polar surface area (TPSA) is 85.2 Å². The number of aryl methyl sites for hydroxylation is 1. The molecule has 1 aliphatic heterocycles. The quantitative estimate of drug-likeness (QED) is 0.611. The van der Waals surface area contributed by atoms with Gasteiger partial charge < -0.3 is 15.4 Å². The van der Waals surface area contributed by atoms with Gasteiger partial charge in [-0.25, -0.2) is 9.78 Å². The molecule has 0 saturated carbocycles. The van der Waals surface area contributed by atoms with Crippen LogP contribution in [0.2, 0.25) is 0 Å². The van der Waals surface area contributed by atoms with E-state index in [4.69, 9.17) is 9.72 Å². The molecule has 1 aromatic carbocycles. The van der Waals surface area contributed by atoms with E-state index in [1.807, 2.05) is 55.7 Å². The van der Waals surface area contributed by atoms with E-state index in [-0.39, 0.29) is 11.6 Å². The minimum Gasteiger partial charge on any atom is -0.444 e. The highest BCUT2D eigenvalue weighted by atomic mass is 16.6. The Kier molecular flexibility index (Phi) is 8.07. The molecule has 0 bridgehead atoms. The second-order valence-corrected chi connectivity index (χ2v) is 9.31. The summed E-state index contributed by atoms with van der Waals surface area (Å²) in [4.78, 5) is 30.3. The molecule has 32 heavy (non-hydrogen) atoms. The second-order valence-electron chi connectivity index (χ2n) is 9.31. The number of fused-ring (bicyclic) bond motifs is 1. The first-order valence-electron chi connectivity index (χ1n) is 11.6. The van der Waals surface area contributed by atoms with Crippen LogP contribution in [0, 0.1) is 0 Å². The van der Waals surface area contributed by atoms with Crippen molar-refractivity contribution in [2.24, 2.45) is 0 Å². The van der Waals surface area contributed by atoms with Crippen LogP contribution >= 0.6 is 0 Å². The predicted octanol–water partition coefficient (Wildman–Crippen LogP) is 3.74. The number of alkyl carbamates (subject to hydrolysis) is 1.